The fourth-order valence-electron chi connectivity index (χ4n) is 2.26. The van der Waals surface area contributed by atoms with Gasteiger partial charge in [-0.25, -0.2) is 0 Å². The summed E-state index contributed by atoms with van der Waals surface area (Å²) in [4.78, 5) is 18.0. The van der Waals surface area contributed by atoms with Gasteiger partial charge in [-0.15, -0.1) is 0 Å². The van der Waals surface area contributed by atoms with E-state index in [0.29, 0.717) is 11.9 Å². The van der Waals surface area contributed by atoms with Crippen molar-refractivity contribution in [2.24, 2.45) is 0 Å². The minimum atomic E-state index is -2.17. The minimum Gasteiger partial charge on any atom is -0.378 e. The molecule has 4 nitrogen and oxygen atoms in total. The average molecular weight is 278 g/mol. The number of benzene rings is 1. The van der Waals surface area contributed by atoms with Crippen LogP contribution in [0.3, 0.4) is 0 Å². The van der Waals surface area contributed by atoms with Gasteiger partial charge >= 0.3 is 0 Å². The molecule has 0 amide bonds. The highest BCUT2D eigenvalue weighted by Gasteiger charge is 2.36. The molecular weight excluding hydrogens is 262 g/mol. The van der Waals surface area contributed by atoms with Crippen LogP contribution in [0, 0.1) is 0 Å². The monoisotopic (exact) mass is 278 g/mol. The maximum Gasteiger partial charge on any atom is 0.190 e. The maximum absolute atomic E-state index is 8.99. The second-order valence-corrected chi connectivity index (χ2v) is 5.31. The first-order chi connectivity index (χ1) is 9.11. The summed E-state index contributed by atoms with van der Waals surface area (Å²) in [5.74, 6) is 1.22. The summed E-state index contributed by atoms with van der Waals surface area (Å²) in [6.07, 6.45) is -0.0308. The molecule has 1 aromatic carbocycles. The molecule has 2 rings (SSSR count). The minimum absolute atomic E-state index is 0.0910. The van der Waals surface area contributed by atoms with Crippen molar-refractivity contribution in [3.63, 3.8) is 0 Å². The Morgan fingerprint density at radius 2 is 2.11 bits per heavy atom. The molecule has 19 heavy (non-hydrogen) atoms. The van der Waals surface area contributed by atoms with E-state index in [1.165, 1.54) is 5.82 Å². The highest BCUT2D eigenvalue weighted by molar-refractivity contribution is 7.48. The summed E-state index contributed by atoms with van der Waals surface area (Å²) in [7, 11) is 5.27. The standard InChI is InChI=1S/C13H16BO4P/c1-17-12-7-11(9-5-3-2-4-6-9)18-13(12)10(14)8-19(15)16/h2-6,8,11-13,15-16H,7H2,1H3/b10-8-/t11?,12-,13?/m0/s1. The molecule has 2 radical (unpaired) electrons. The first kappa shape index (κ1) is 14.7. The Hall–Kier alpha value is -0.705. The van der Waals surface area contributed by atoms with Gasteiger partial charge in [0.25, 0.3) is 0 Å². The molecule has 1 saturated heterocycles. The predicted octanol–water partition coefficient (Wildman–Crippen LogP) is 1.84. The third-order valence-electron chi connectivity index (χ3n) is 3.16. The average Bonchev–Trinajstić information content (AvgIpc) is 2.83. The number of hydrogen-bond acceptors (Lipinski definition) is 4. The zero-order valence-corrected chi connectivity index (χ0v) is 11.5. The zero-order valence-electron chi connectivity index (χ0n) is 10.6. The van der Waals surface area contributed by atoms with Crippen molar-refractivity contribution in [2.75, 3.05) is 7.11 Å². The van der Waals surface area contributed by atoms with Gasteiger partial charge in [-0.05, 0) is 11.4 Å². The first-order valence-corrected chi connectivity index (χ1v) is 7.31. The highest BCUT2D eigenvalue weighted by Crippen LogP contribution is 2.38. The summed E-state index contributed by atoms with van der Waals surface area (Å²) in [5, 5.41) is 0. The molecule has 0 bridgehead atoms. The molecule has 2 unspecified atom stereocenters. The summed E-state index contributed by atoms with van der Waals surface area (Å²) >= 11 is 0. The van der Waals surface area contributed by atoms with Crippen LogP contribution in [-0.4, -0.2) is 37.0 Å². The van der Waals surface area contributed by atoms with E-state index in [2.05, 4.69) is 0 Å². The van der Waals surface area contributed by atoms with Crippen molar-refractivity contribution in [1.29, 1.82) is 0 Å². The van der Waals surface area contributed by atoms with Gasteiger partial charge in [-0.2, -0.15) is 0 Å². The van der Waals surface area contributed by atoms with Gasteiger partial charge in [0, 0.05) is 13.5 Å². The zero-order chi connectivity index (χ0) is 13.8. The van der Waals surface area contributed by atoms with E-state index in [4.69, 9.17) is 27.1 Å². The smallest absolute Gasteiger partial charge is 0.190 e. The summed E-state index contributed by atoms with van der Waals surface area (Å²) in [6, 6.07) is 9.83. The Morgan fingerprint density at radius 1 is 1.42 bits per heavy atom. The molecule has 0 aliphatic carbocycles. The van der Waals surface area contributed by atoms with E-state index in [1.54, 1.807) is 7.11 Å². The van der Waals surface area contributed by atoms with Crippen LogP contribution in [0.5, 0.6) is 0 Å². The summed E-state index contributed by atoms with van der Waals surface area (Å²) in [6.45, 7) is 0. The van der Waals surface area contributed by atoms with Crippen LogP contribution in [0.25, 0.3) is 0 Å². The van der Waals surface area contributed by atoms with Crippen molar-refractivity contribution in [3.05, 3.63) is 47.2 Å². The maximum atomic E-state index is 8.99. The Bertz CT molecular complexity index is 438. The van der Waals surface area contributed by atoms with E-state index >= 15 is 0 Å². The van der Waals surface area contributed by atoms with Crippen LogP contribution in [-0.2, 0) is 9.47 Å². The first-order valence-electron chi connectivity index (χ1n) is 5.99. The SMILES string of the molecule is [B]/C(=C\P(O)O)C1OC(c2ccccc2)C[C@@H]1OC. The number of hydrogen-bond donors (Lipinski definition) is 2. The van der Waals surface area contributed by atoms with Gasteiger partial charge in [0.15, 0.2) is 8.38 Å². The molecule has 3 atom stereocenters. The van der Waals surface area contributed by atoms with E-state index in [0.717, 1.165) is 5.56 Å². The molecule has 1 aromatic rings. The lowest BCUT2D eigenvalue weighted by molar-refractivity contribution is 0.0194. The quantitative estimate of drug-likeness (QED) is 0.651. The van der Waals surface area contributed by atoms with E-state index in [9.17, 15) is 0 Å². The Kier molecular flexibility index (Phi) is 5.14. The topological polar surface area (TPSA) is 58.9 Å². The van der Waals surface area contributed by atoms with Crippen LogP contribution in [0.4, 0.5) is 0 Å². The van der Waals surface area contributed by atoms with Crippen molar-refractivity contribution >= 4 is 16.2 Å². The molecule has 0 aromatic heterocycles. The molecule has 1 aliphatic rings. The van der Waals surface area contributed by atoms with Crippen molar-refractivity contribution in [2.45, 2.75) is 24.7 Å². The second kappa shape index (κ2) is 6.64. The van der Waals surface area contributed by atoms with Crippen LogP contribution in [0.2, 0.25) is 0 Å². The number of methoxy groups -OCH3 is 1. The largest absolute Gasteiger partial charge is 0.378 e. The van der Waals surface area contributed by atoms with Gasteiger partial charge < -0.3 is 19.3 Å². The van der Waals surface area contributed by atoms with Crippen LogP contribution in [0.15, 0.2) is 41.6 Å². The second-order valence-electron chi connectivity index (χ2n) is 4.42. The summed E-state index contributed by atoms with van der Waals surface area (Å²) < 4.78 is 11.3. The number of rotatable bonds is 4. The molecule has 100 valence electrons. The molecule has 0 saturated carbocycles. The van der Waals surface area contributed by atoms with Crippen molar-refractivity contribution in [3.8, 4) is 0 Å². The summed E-state index contributed by atoms with van der Waals surface area (Å²) in [5.41, 5.74) is 1.37. The Balaban J connectivity index is 2.14. The lowest BCUT2D eigenvalue weighted by atomic mass is 9.89. The predicted molar refractivity (Wildman–Crippen MR) is 74.7 cm³/mol. The highest BCUT2D eigenvalue weighted by atomic mass is 31.2. The van der Waals surface area contributed by atoms with Gasteiger partial charge in [0.1, 0.15) is 7.85 Å². The third kappa shape index (κ3) is 3.65. The van der Waals surface area contributed by atoms with Crippen molar-refractivity contribution < 1.29 is 19.3 Å². The molecule has 1 heterocycles. The van der Waals surface area contributed by atoms with Gasteiger partial charge in [0.2, 0.25) is 0 Å². The number of ether oxygens (including phenoxy) is 2. The van der Waals surface area contributed by atoms with Crippen molar-refractivity contribution in [1.82, 2.24) is 0 Å². The lowest BCUT2D eigenvalue weighted by Gasteiger charge is -2.18. The fourth-order valence-corrected chi connectivity index (χ4v) is 2.67. The lowest BCUT2D eigenvalue weighted by Crippen LogP contribution is -2.25. The molecule has 6 heteroatoms. The van der Waals surface area contributed by atoms with E-state index in [-0.39, 0.29) is 12.2 Å². The molecule has 1 fully saturated rings. The van der Waals surface area contributed by atoms with Crippen LogP contribution >= 0.6 is 8.38 Å². The fraction of sp³-hybridized carbons (Fsp3) is 0.385. The van der Waals surface area contributed by atoms with Crippen LogP contribution < -0.4 is 0 Å². The Morgan fingerprint density at radius 3 is 2.68 bits per heavy atom. The van der Waals surface area contributed by atoms with Crippen LogP contribution in [0.1, 0.15) is 18.1 Å². The molecule has 1 aliphatic heterocycles. The Labute approximate surface area is 115 Å². The molecule has 2 N–H and O–H groups in total. The van der Waals surface area contributed by atoms with Gasteiger partial charge in [-0.3, -0.25) is 0 Å². The van der Waals surface area contributed by atoms with Gasteiger partial charge in [-0.1, -0.05) is 35.8 Å². The van der Waals surface area contributed by atoms with Gasteiger partial charge in [0.05, 0.1) is 18.3 Å². The third-order valence-corrected chi connectivity index (χ3v) is 3.69. The molecular formula is C13H16BO4P. The van der Waals surface area contributed by atoms with E-state index in [1.807, 2.05) is 30.3 Å². The van der Waals surface area contributed by atoms with E-state index < -0.39 is 14.5 Å². The molecule has 0 spiro atoms. The normalized spacial score (nSPS) is 28.0.